The van der Waals surface area contributed by atoms with E-state index >= 15 is 0 Å². The molecule has 0 aromatic heterocycles. The third-order valence-corrected chi connectivity index (χ3v) is 7.29. The highest BCUT2D eigenvalue weighted by molar-refractivity contribution is 8.72. The molecule has 0 saturated carbocycles. The van der Waals surface area contributed by atoms with Crippen molar-refractivity contribution < 1.29 is 18.3 Å². The van der Waals surface area contributed by atoms with Crippen LogP contribution in [0.4, 0.5) is 4.79 Å². The third kappa shape index (κ3) is 3.67. The lowest BCUT2D eigenvalue weighted by molar-refractivity contribution is 0.137. The Bertz CT molecular complexity index is 575. The van der Waals surface area contributed by atoms with Crippen LogP contribution in [0.2, 0.25) is 0 Å². The molecule has 110 valence electrons. The lowest BCUT2D eigenvalue weighted by Crippen LogP contribution is -2.38. The maximum atomic E-state index is 12.3. The Morgan fingerprint density at radius 3 is 2.30 bits per heavy atom. The van der Waals surface area contributed by atoms with E-state index in [1.165, 1.54) is 4.90 Å². The standard InChI is InChI=1S/C13H17NO4S2/c1-10-2-4-12(5-3-10)20(17,18)19-11-6-8-14(9-7-11)13(15)16/h2-5,11H,6-9H2,1H3,(H,15,16). The Morgan fingerprint density at radius 1 is 1.25 bits per heavy atom. The van der Waals surface area contributed by atoms with Crippen LogP contribution in [-0.4, -0.2) is 42.9 Å². The summed E-state index contributed by atoms with van der Waals surface area (Å²) < 4.78 is 24.5. The quantitative estimate of drug-likeness (QED) is 0.868. The summed E-state index contributed by atoms with van der Waals surface area (Å²) in [4.78, 5) is 12.4. The summed E-state index contributed by atoms with van der Waals surface area (Å²) >= 11 is 0. The molecule has 1 fully saturated rings. The number of hydrogen-bond donors (Lipinski definition) is 1. The molecule has 0 bridgehead atoms. The number of piperidine rings is 1. The smallest absolute Gasteiger partial charge is 0.407 e. The minimum atomic E-state index is -3.36. The van der Waals surface area contributed by atoms with Crippen molar-refractivity contribution in [2.75, 3.05) is 13.1 Å². The largest absolute Gasteiger partial charge is 0.465 e. The molecule has 0 radical (unpaired) electrons. The van der Waals surface area contributed by atoms with Crippen molar-refractivity contribution in [3.8, 4) is 0 Å². The van der Waals surface area contributed by atoms with Gasteiger partial charge < -0.3 is 10.0 Å². The molecule has 2 rings (SSSR count). The number of carbonyl (C=O) groups is 1. The fraction of sp³-hybridized carbons (Fsp3) is 0.462. The molecule has 20 heavy (non-hydrogen) atoms. The Kier molecular flexibility index (Phi) is 4.59. The first-order valence-corrected chi connectivity index (χ1v) is 9.24. The second-order valence-corrected chi connectivity index (χ2v) is 8.96. The third-order valence-electron chi connectivity index (χ3n) is 3.28. The lowest BCUT2D eigenvalue weighted by Gasteiger charge is -2.29. The van der Waals surface area contributed by atoms with Crippen LogP contribution in [0.25, 0.3) is 0 Å². The Balaban J connectivity index is 2.00. The summed E-state index contributed by atoms with van der Waals surface area (Å²) in [7, 11) is -2.42. The Morgan fingerprint density at radius 2 is 1.80 bits per heavy atom. The van der Waals surface area contributed by atoms with Crippen molar-refractivity contribution in [2.45, 2.75) is 29.9 Å². The summed E-state index contributed by atoms with van der Waals surface area (Å²) in [6.45, 7) is 2.71. The first kappa shape index (κ1) is 15.2. The molecule has 1 heterocycles. The normalized spacial score (nSPS) is 17.1. The van der Waals surface area contributed by atoms with Crippen LogP contribution in [0, 0.1) is 6.92 Å². The number of amides is 1. The molecule has 1 saturated heterocycles. The SMILES string of the molecule is Cc1ccc(S(=O)(=O)SC2CCN(C(=O)O)CC2)cc1. The maximum absolute atomic E-state index is 12.3. The fourth-order valence-electron chi connectivity index (χ4n) is 2.08. The van der Waals surface area contributed by atoms with Crippen LogP contribution in [0.1, 0.15) is 18.4 Å². The first-order chi connectivity index (χ1) is 9.38. The Hall–Kier alpha value is -1.21. The van der Waals surface area contributed by atoms with Gasteiger partial charge in [0.15, 0.2) is 0 Å². The average molecular weight is 315 g/mol. The van der Waals surface area contributed by atoms with Gasteiger partial charge in [0.25, 0.3) is 0 Å². The van der Waals surface area contributed by atoms with Gasteiger partial charge >= 0.3 is 6.09 Å². The van der Waals surface area contributed by atoms with Gasteiger partial charge in [0.2, 0.25) is 8.87 Å². The van der Waals surface area contributed by atoms with Gasteiger partial charge in [0.1, 0.15) is 0 Å². The maximum Gasteiger partial charge on any atom is 0.407 e. The molecule has 0 atom stereocenters. The molecule has 1 aliphatic rings. The summed E-state index contributed by atoms with van der Waals surface area (Å²) in [6, 6.07) is 6.79. The number of carboxylic acid groups (broad SMARTS) is 1. The van der Waals surface area contributed by atoms with Gasteiger partial charge in [-0.05, 0) is 42.7 Å². The highest BCUT2D eigenvalue weighted by atomic mass is 33.1. The predicted octanol–water partition coefficient (Wildman–Crippen LogP) is 2.56. The van der Waals surface area contributed by atoms with Crippen LogP contribution >= 0.6 is 10.8 Å². The van der Waals surface area contributed by atoms with E-state index in [-0.39, 0.29) is 5.25 Å². The zero-order chi connectivity index (χ0) is 14.8. The molecule has 1 aromatic rings. The molecule has 0 spiro atoms. The highest BCUT2D eigenvalue weighted by Gasteiger charge is 2.27. The summed E-state index contributed by atoms with van der Waals surface area (Å²) in [5.41, 5.74) is 1.02. The molecule has 1 aliphatic heterocycles. The van der Waals surface area contributed by atoms with Crippen molar-refractivity contribution in [3.05, 3.63) is 29.8 Å². The minimum Gasteiger partial charge on any atom is -0.465 e. The summed E-state index contributed by atoms with van der Waals surface area (Å²) in [6.07, 6.45) is 0.208. The van der Waals surface area contributed by atoms with E-state index in [0.717, 1.165) is 16.4 Å². The monoisotopic (exact) mass is 315 g/mol. The highest BCUT2D eigenvalue weighted by Crippen LogP contribution is 2.32. The summed E-state index contributed by atoms with van der Waals surface area (Å²) in [5.74, 6) is 0. The second kappa shape index (κ2) is 6.05. The number of nitrogens with zero attached hydrogens (tertiary/aromatic N) is 1. The van der Waals surface area contributed by atoms with Crippen LogP contribution < -0.4 is 0 Å². The van der Waals surface area contributed by atoms with Gasteiger partial charge in [-0.25, -0.2) is 13.2 Å². The van der Waals surface area contributed by atoms with Gasteiger partial charge in [0.05, 0.1) is 4.90 Å². The fourth-order valence-corrected chi connectivity index (χ4v) is 5.74. The molecular formula is C13H17NO4S2. The first-order valence-electron chi connectivity index (χ1n) is 6.36. The zero-order valence-corrected chi connectivity index (χ0v) is 12.8. The molecule has 1 aromatic carbocycles. The van der Waals surface area contributed by atoms with E-state index in [1.807, 2.05) is 6.92 Å². The van der Waals surface area contributed by atoms with E-state index in [4.69, 9.17) is 5.11 Å². The van der Waals surface area contributed by atoms with Gasteiger partial charge in [0, 0.05) is 18.3 Å². The summed E-state index contributed by atoms with van der Waals surface area (Å²) in [5, 5.41) is 8.82. The van der Waals surface area contributed by atoms with Gasteiger partial charge in [-0.15, -0.1) is 0 Å². The van der Waals surface area contributed by atoms with Crippen LogP contribution in [0.5, 0.6) is 0 Å². The molecule has 1 amide bonds. The van der Waals surface area contributed by atoms with Gasteiger partial charge in [-0.1, -0.05) is 17.7 Å². The van der Waals surface area contributed by atoms with Crippen molar-refractivity contribution in [1.82, 2.24) is 4.90 Å². The van der Waals surface area contributed by atoms with E-state index in [0.29, 0.717) is 30.8 Å². The number of hydrogen-bond acceptors (Lipinski definition) is 4. The number of benzene rings is 1. The minimum absolute atomic E-state index is 0.0445. The Labute approximate surface area is 122 Å². The number of rotatable bonds is 3. The van der Waals surface area contributed by atoms with Crippen LogP contribution in [0.3, 0.4) is 0 Å². The van der Waals surface area contributed by atoms with Crippen molar-refractivity contribution >= 4 is 25.8 Å². The second-order valence-electron chi connectivity index (χ2n) is 4.83. The topological polar surface area (TPSA) is 74.7 Å². The molecule has 0 unspecified atom stereocenters. The van der Waals surface area contributed by atoms with E-state index in [9.17, 15) is 13.2 Å². The molecular weight excluding hydrogens is 298 g/mol. The molecule has 0 aliphatic carbocycles. The number of likely N-dealkylation sites (tertiary alicyclic amines) is 1. The van der Waals surface area contributed by atoms with Crippen molar-refractivity contribution in [3.63, 3.8) is 0 Å². The number of aryl methyl sites for hydroxylation is 1. The molecule has 7 heteroatoms. The van der Waals surface area contributed by atoms with Crippen LogP contribution in [0.15, 0.2) is 29.2 Å². The van der Waals surface area contributed by atoms with Gasteiger partial charge in [-0.3, -0.25) is 0 Å². The average Bonchev–Trinajstić information content (AvgIpc) is 2.39. The molecule has 5 nitrogen and oxygen atoms in total. The van der Waals surface area contributed by atoms with E-state index in [1.54, 1.807) is 24.3 Å². The lowest BCUT2D eigenvalue weighted by atomic mass is 10.1. The van der Waals surface area contributed by atoms with Gasteiger partial charge in [-0.2, -0.15) is 0 Å². The van der Waals surface area contributed by atoms with Crippen LogP contribution in [-0.2, 0) is 8.87 Å². The van der Waals surface area contributed by atoms with Crippen molar-refractivity contribution in [2.24, 2.45) is 0 Å². The van der Waals surface area contributed by atoms with E-state index in [2.05, 4.69) is 0 Å². The predicted molar refractivity (Wildman–Crippen MR) is 78.6 cm³/mol. The zero-order valence-electron chi connectivity index (χ0n) is 11.2. The molecule has 1 N–H and O–H groups in total. The van der Waals surface area contributed by atoms with E-state index < -0.39 is 15.0 Å². The van der Waals surface area contributed by atoms with Crippen molar-refractivity contribution in [1.29, 1.82) is 0 Å².